The summed E-state index contributed by atoms with van der Waals surface area (Å²) in [4.78, 5) is 12.8. The Morgan fingerprint density at radius 1 is 1.09 bits per heavy atom. The van der Waals surface area contributed by atoms with E-state index in [0.29, 0.717) is 20.9 Å². The van der Waals surface area contributed by atoms with Gasteiger partial charge in [-0.1, -0.05) is 47.5 Å². The van der Waals surface area contributed by atoms with Crippen molar-refractivity contribution in [3.05, 3.63) is 87.4 Å². The van der Waals surface area contributed by atoms with Crippen molar-refractivity contribution in [3.63, 3.8) is 0 Å². The molecule has 0 aliphatic carbocycles. The summed E-state index contributed by atoms with van der Waals surface area (Å²) in [5.74, 6) is 0.0463. The Labute approximate surface area is 201 Å². The quantitative estimate of drug-likeness (QED) is 0.442. The lowest BCUT2D eigenvalue weighted by molar-refractivity contribution is -0.119. The van der Waals surface area contributed by atoms with Gasteiger partial charge in [0.15, 0.2) is 0 Å². The van der Waals surface area contributed by atoms with Crippen molar-refractivity contribution < 1.29 is 17.9 Å². The van der Waals surface area contributed by atoms with Gasteiger partial charge < -0.3 is 10.1 Å². The Bertz CT molecular complexity index is 1220. The largest absolute Gasteiger partial charge is 0.496 e. The second-order valence-electron chi connectivity index (χ2n) is 7.01. The normalized spacial score (nSPS) is 11.1. The minimum absolute atomic E-state index is 0.0321. The van der Waals surface area contributed by atoms with Crippen LogP contribution in [0, 0.1) is 6.92 Å². The summed E-state index contributed by atoms with van der Waals surface area (Å²) in [6, 6.07) is 18.5. The molecule has 0 spiro atoms. The van der Waals surface area contributed by atoms with Crippen molar-refractivity contribution in [2.75, 3.05) is 18.0 Å². The van der Waals surface area contributed by atoms with Crippen LogP contribution in [0.1, 0.15) is 11.1 Å². The number of halogens is 2. The number of carbonyl (C=O) groups excluding carboxylic acids is 1. The number of sulfonamides is 1. The third kappa shape index (κ3) is 5.62. The standard InChI is InChI=1S/C23H22BrClN2O4S/c1-16-7-9-18(10-8-16)27(15-23(28)26-14-17-5-3-4-6-21(17)25)32(29,30)19-11-12-22(31-2)20(24)13-19/h3-13H,14-15H2,1-2H3,(H,26,28). The molecule has 0 aliphatic rings. The SMILES string of the molecule is COc1ccc(S(=O)(=O)N(CC(=O)NCc2ccccc2Cl)c2ccc(C)cc2)cc1Br. The number of hydrogen-bond donors (Lipinski definition) is 1. The van der Waals surface area contributed by atoms with E-state index < -0.39 is 15.9 Å². The van der Waals surface area contributed by atoms with E-state index in [9.17, 15) is 13.2 Å². The number of benzene rings is 3. The maximum atomic E-state index is 13.5. The van der Waals surface area contributed by atoms with Gasteiger partial charge in [0.2, 0.25) is 5.91 Å². The van der Waals surface area contributed by atoms with Crippen LogP contribution in [0.3, 0.4) is 0 Å². The molecule has 0 heterocycles. The van der Waals surface area contributed by atoms with E-state index in [0.717, 1.165) is 15.4 Å². The van der Waals surface area contributed by atoms with Gasteiger partial charge in [-0.2, -0.15) is 0 Å². The second-order valence-corrected chi connectivity index (χ2v) is 10.1. The molecule has 168 valence electrons. The molecule has 1 N–H and O–H groups in total. The summed E-state index contributed by atoms with van der Waals surface area (Å²) in [6.07, 6.45) is 0. The van der Waals surface area contributed by atoms with Gasteiger partial charge in [0.05, 0.1) is 22.2 Å². The number of nitrogens with one attached hydrogen (secondary N) is 1. The molecule has 6 nitrogen and oxygen atoms in total. The van der Waals surface area contributed by atoms with Crippen LogP contribution in [-0.4, -0.2) is 28.0 Å². The Hall–Kier alpha value is -2.55. The first-order valence-corrected chi connectivity index (χ1v) is 12.3. The van der Waals surface area contributed by atoms with E-state index in [1.165, 1.54) is 19.2 Å². The Morgan fingerprint density at radius 2 is 1.78 bits per heavy atom. The number of anilines is 1. The van der Waals surface area contributed by atoms with Crippen LogP contribution in [0.25, 0.3) is 0 Å². The van der Waals surface area contributed by atoms with Crippen LogP contribution < -0.4 is 14.4 Å². The summed E-state index contributed by atoms with van der Waals surface area (Å²) < 4.78 is 33.8. The molecule has 32 heavy (non-hydrogen) atoms. The van der Waals surface area contributed by atoms with Crippen molar-refractivity contribution in [3.8, 4) is 5.75 Å². The maximum absolute atomic E-state index is 13.5. The minimum Gasteiger partial charge on any atom is -0.496 e. The molecule has 0 unspecified atom stereocenters. The lowest BCUT2D eigenvalue weighted by Crippen LogP contribution is -2.40. The van der Waals surface area contributed by atoms with E-state index in [1.54, 1.807) is 48.5 Å². The molecular formula is C23H22BrClN2O4S. The highest BCUT2D eigenvalue weighted by molar-refractivity contribution is 9.10. The van der Waals surface area contributed by atoms with Crippen LogP contribution in [0.15, 0.2) is 76.1 Å². The average Bonchev–Trinajstić information content (AvgIpc) is 2.77. The zero-order valence-electron chi connectivity index (χ0n) is 17.5. The minimum atomic E-state index is -4.04. The first-order valence-electron chi connectivity index (χ1n) is 9.65. The summed E-state index contributed by atoms with van der Waals surface area (Å²) >= 11 is 9.47. The highest BCUT2D eigenvalue weighted by Crippen LogP contribution is 2.30. The van der Waals surface area contributed by atoms with E-state index in [4.69, 9.17) is 16.3 Å². The molecule has 0 bridgehead atoms. The van der Waals surface area contributed by atoms with E-state index in [-0.39, 0.29) is 18.0 Å². The molecule has 3 aromatic carbocycles. The number of amides is 1. The van der Waals surface area contributed by atoms with Gasteiger partial charge in [-0.3, -0.25) is 9.10 Å². The molecule has 3 aromatic rings. The highest BCUT2D eigenvalue weighted by atomic mass is 79.9. The molecule has 0 saturated carbocycles. The fraction of sp³-hybridized carbons (Fsp3) is 0.174. The molecule has 0 fully saturated rings. The summed E-state index contributed by atoms with van der Waals surface area (Å²) in [5, 5.41) is 3.27. The highest BCUT2D eigenvalue weighted by Gasteiger charge is 2.28. The monoisotopic (exact) mass is 536 g/mol. The predicted octanol–water partition coefficient (Wildman–Crippen LogP) is 4.93. The van der Waals surface area contributed by atoms with E-state index >= 15 is 0 Å². The fourth-order valence-electron chi connectivity index (χ4n) is 2.98. The zero-order chi connectivity index (χ0) is 23.3. The van der Waals surface area contributed by atoms with Crippen LogP contribution in [0.5, 0.6) is 5.75 Å². The lowest BCUT2D eigenvalue weighted by Gasteiger charge is -2.24. The van der Waals surface area contributed by atoms with Crippen molar-refractivity contribution in [1.82, 2.24) is 5.32 Å². The van der Waals surface area contributed by atoms with Crippen molar-refractivity contribution in [2.45, 2.75) is 18.4 Å². The molecule has 9 heteroatoms. The van der Waals surface area contributed by atoms with Gasteiger partial charge in [0.25, 0.3) is 10.0 Å². The van der Waals surface area contributed by atoms with Gasteiger partial charge in [-0.25, -0.2) is 8.42 Å². The number of carbonyl (C=O) groups is 1. The Morgan fingerprint density at radius 3 is 2.41 bits per heavy atom. The first-order chi connectivity index (χ1) is 15.2. The molecule has 0 aliphatic heterocycles. The molecule has 1 amide bonds. The predicted molar refractivity (Wildman–Crippen MR) is 130 cm³/mol. The van der Waals surface area contributed by atoms with Gasteiger partial charge in [-0.15, -0.1) is 0 Å². The van der Waals surface area contributed by atoms with Gasteiger partial charge >= 0.3 is 0 Å². The molecule has 0 saturated heterocycles. The van der Waals surface area contributed by atoms with Crippen LogP contribution in [-0.2, 0) is 21.4 Å². The summed E-state index contributed by atoms with van der Waals surface area (Å²) in [7, 11) is -2.54. The Kier molecular flexibility index (Phi) is 7.82. The van der Waals surface area contributed by atoms with Gasteiger partial charge in [0, 0.05) is 11.6 Å². The molecule has 3 rings (SSSR count). The third-order valence-corrected chi connectivity index (χ3v) is 7.51. The molecular weight excluding hydrogens is 516 g/mol. The summed E-state index contributed by atoms with van der Waals surface area (Å²) in [5.41, 5.74) is 2.10. The van der Waals surface area contributed by atoms with Crippen molar-refractivity contribution >= 4 is 49.1 Å². The van der Waals surface area contributed by atoms with Gasteiger partial charge in [0.1, 0.15) is 12.3 Å². The second kappa shape index (κ2) is 10.4. The van der Waals surface area contributed by atoms with Gasteiger partial charge in [-0.05, 0) is 64.8 Å². The lowest BCUT2D eigenvalue weighted by atomic mass is 10.2. The third-order valence-electron chi connectivity index (χ3n) is 4.75. The topological polar surface area (TPSA) is 75.7 Å². The number of aryl methyl sites for hydroxylation is 1. The van der Waals surface area contributed by atoms with E-state index in [2.05, 4.69) is 21.2 Å². The van der Waals surface area contributed by atoms with Crippen LogP contribution >= 0.6 is 27.5 Å². The number of nitrogens with zero attached hydrogens (tertiary/aromatic N) is 1. The average molecular weight is 538 g/mol. The maximum Gasteiger partial charge on any atom is 0.264 e. The number of hydrogen-bond acceptors (Lipinski definition) is 4. The molecule has 0 atom stereocenters. The fourth-order valence-corrected chi connectivity index (χ4v) is 5.33. The summed E-state index contributed by atoms with van der Waals surface area (Å²) in [6.45, 7) is 1.70. The number of ether oxygens (including phenoxy) is 1. The zero-order valence-corrected chi connectivity index (χ0v) is 20.7. The smallest absolute Gasteiger partial charge is 0.264 e. The van der Waals surface area contributed by atoms with E-state index in [1.807, 2.05) is 13.0 Å². The van der Waals surface area contributed by atoms with Crippen LogP contribution in [0.4, 0.5) is 5.69 Å². The van der Waals surface area contributed by atoms with Crippen molar-refractivity contribution in [2.24, 2.45) is 0 Å². The number of methoxy groups -OCH3 is 1. The Balaban J connectivity index is 1.90. The molecule has 0 aromatic heterocycles. The number of rotatable bonds is 8. The van der Waals surface area contributed by atoms with Crippen molar-refractivity contribution in [1.29, 1.82) is 0 Å². The first kappa shape index (κ1) is 24.1. The van der Waals surface area contributed by atoms with Crippen LogP contribution in [0.2, 0.25) is 5.02 Å². The molecule has 0 radical (unpaired) electrons.